The van der Waals surface area contributed by atoms with E-state index in [0.29, 0.717) is 16.5 Å². The third kappa shape index (κ3) is 5.45. The number of rotatable bonds is 7. The lowest BCUT2D eigenvalue weighted by atomic mass is 10.1. The van der Waals surface area contributed by atoms with Gasteiger partial charge in [0, 0.05) is 11.6 Å². The Hall–Kier alpha value is -2.09. The molecule has 0 radical (unpaired) electrons. The van der Waals surface area contributed by atoms with Crippen LogP contribution < -0.4 is 10.1 Å². The van der Waals surface area contributed by atoms with E-state index in [1.807, 2.05) is 31.2 Å². The van der Waals surface area contributed by atoms with Crippen LogP contribution in [0.2, 0.25) is 5.02 Å². The van der Waals surface area contributed by atoms with E-state index >= 15 is 0 Å². The van der Waals surface area contributed by atoms with Crippen LogP contribution in [0.5, 0.6) is 5.75 Å². The smallest absolute Gasteiger partial charge is 0.239 e. The number of amides is 1. The third-order valence-electron chi connectivity index (χ3n) is 3.83. The highest BCUT2D eigenvalue weighted by molar-refractivity contribution is 7.88. The minimum atomic E-state index is -3.58. The molecule has 8 heteroatoms. The minimum Gasteiger partial charge on any atom is -0.495 e. The summed E-state index contributed by atoms with van der Waals surface area (Å²) in [4.78, 5) is 12.4. The lowest BCUT2D eigenvalue weighted by Gasteiger charge is -2.21. The maximum atomic E-state index is 12.4. The van der Waals surface area contributed by atoms with Crippen LogP contribution in [0, 0.1) is 6.92 Å². The summed E-state index contributed by atoms with van der Waals surface area (Å²) in [6.07, 6.45) is 1.08. The Labute approximate surface area is 158 Å². The molecule has 1 amide bonds. The van der Waals surface area contributed by atoms with Gasteiger partial charge in [-0.1, -0.05) is 35.9 Å². The molecule has 0 heterocycles. The zero-order chi connectivity index (χ0) is 19.3. The zero-order valence-electron chi connectivity index (χ0n) is 14.8. The molecule has 6 nitrogen and oxygen atoms in total. The van der Waals surface area contributed by atoms with Gasteiger partial charge >= 0.3 is 0 Å². The molecule has 2 rings (SSSR count). The highest BCUT2D eigenvalue weighted by Gasteiger charge is 2.22. The molecule has 0 spiro atoms. The van der Waals surface area contributed by atoms with Crippen LogP contribution in [0.4, 0.5) is 5.69 Å². The molecule has 0 fully saturated rings. The van der Waals surface area contributed by atoms with Crippen molar-refractivity contribution >= 4 is 33.2 Å². The standard InChI is InChI=1S/C18H21ClN2O4S/c1-13-6-4-5-7-14(13)11-21(26(3,23)24)12-18(22)20-16-10-15(19)8-9-17(16)25-2/h4-10H,11-12H2,1-3H3,(H,20,22). The van der Waals surface area contributed by atoms with Crippen molar-refractivity contribution < 1.29 is 17.9 Å². The van der Waals surface area contributed by atoms with Crippen molar-refractivity contribution in [2.75, 3.05) is 25.2 Å². The van der Waals surface area contributed by atoms with Gasteiger partial charge in [-0.25, -0.2) is 8.42 Å². The number of hydrogen-bond donors (Lipinski definition) is 1. The van der Waals surface area contributed by atoms with Crippen molar-refractivity contribution in [3.8, 4) is 5.75 Å². The predicted molar refractivity (Wildman–Crippen MR) is 103 cm³/mol. The number of halogens is 1. The maximum Gasteiger partial charge on any atom is 0.239 e. The van der Waals surface area contributed by atoms with E-state index in [2.05, 4.69) is 5.32 Å². The number of sulfonamides is 1. The van der Waals surface area contributed by atoms with Gasteiger partial charge in [-0.15, -0.1) is 0 Å². The number of benzene rings is 2. The van der Waals surface area contributed by atoms with E-state index in [0.717, 1.165) is 21.7 Å². The van der Waals surface area contributed by atoms with Crippen molar-refractivity contribution in [1.29, 1.82) is 0 Å². The van der Waals surface area contributed by atoms with E-state index < -0.39 is 15.9 Å². The molecule has 0 aliphatic heterocycles. The van der Waals surface area contributed by atoms with Crippen molar-refractivity contribution in [2.45, 2.75) is 13.5 Å². The fourth-order valence-corrected chi connectivity index (χ4v) is 3.29. The molecule has 0 atom stereocenters. The topological polar surface area (TPSA) is 75.7 Å². The number of carbonyl (C=O) groups is 1. The quantitative estimate of drug-likeness (QED) is 0.780. The second kappa shape index (κ2) is 8.53. The summed E-state index contributed by atoms with van der Waals surface area (Å²) in [5.74, 6) is -0.0443. The third-order valence-corrected chi connectivity index (χ3v) is 5.26. The van der Waals surface area contributed by atoms with Crippen molar-refractivity contribution in [3.63, 3.8) is 0 Å². The van der Waals surface area contributed by atoms with Crippen LogP contribution in [-0.2, 0) is 21.4 Å². The fraction of sp³-hybridized carbons (Fsp3) is 0.278. The first-order valence-electron chi connectivity index (χ1n) is 7.83. The van der Waals surface area contributed by atoms with E-state index in [4.69, 9.17) is 16.3 Å². The molecule has 0 aliphatic carbocycles. The van der Waals surface area contributed by atoms with Crippen LogP contribution in [0.3, 0.4) is 0 Å². The molecule has 2 aromatic rings. The van der Waals surface area contributed by atoms with Crippen molar-refractivity contribution in [2.24, 2.45) is 0 Å². The van der Waals surface area contributed by atoms with Crippen LogP contribution in [0.15, 0.2) is 42.5 Å². The summed E-state index contributed by atoms with van der Waals surface area (Å²) < 4.78 is 30.5. The van der Waals surface area contributed by atoms with Crippen LogP contribution in [0.25, 0.3) is 0 Å². The van der Waals surface area contributed by atoms with Gasteiger partial charge in [0.25, 0.3) is 0 Å². The van der Waals surface area contributed by atoms with Crippen LogP contribution >= 0.6 is 11.6 Å². The van der Waals surface area contributed by atoms with Gasteiger partial charge in [0.1, 0.15) is 5.75 Å². The van der Waals surface area contributed by atoms with Gasteiger partial charge in [0.05, 0.1) is 25.6 Å². The molecule has 0 aromatic heterocycles. The Morgan fingerprint density at radius 2 is 1.92 bits per heavy atom. The molecule has 1 N–H and O–H groups in total. The van der Waals surface area contributed by atoms with Gasteiger partial charge in [0.15, 0.2) is 0 Å². The minimum absolute atomic E-state index is 0.117. The van der Waals surface area contributed by atoms with Gasteiger partial charge in [0.2, 0.25) is 15.9 Å². The Bertz CT molecular complexity index is 900. The van der Waals surface area contributed by atoms with Crippen molar-refractivity contribution in [3.05, 3.63) is 58.6 Å². The largest absolute Gasteiger partial charge is 0.495 e. The van der Waals surface area contributed by atoms with Crippen molar-refractivity contribution in [1.82, 2.24) is 4.31 Å². The summed E-state index contributed by atoms with van der Waals surface area (Å²) in [7, 11) is -2.10. The van der Waals surface area contributed by atoms with Crippen LogP contribution in [-0.4, -0.2) is 38.5 Å². The Morgan fingerprint density at radius 3 is 2.54 bits per heavy atom. The second-order valence-electron chi connectivity index (χ2n) is 5.85. The summed E-state index contributed by atoms with van der Waals surface area (Å²) in [6, 6.07) is 12.3. The summed E-state index contributed by atoms with van der Waals surface area (Å²) in [5.41, 5.74) is 2.18. The average molecular weight is 397 g/mol. The number of nitrogens with zero attached hydrogens (tertiary/aromatic N) is 1. The first-order valence-corrected chi connectivity index (χ1v) is 10.1. The highest BCUT2D eigenvalue weighted by Crippen LogP contribution is 2.27. The molecule has 0 saturated heterocycles. The molecule has 140 valence electrons. The lowest BCUT2D eigenvalue weighted by Crippen LogP contribution is -2.37. The zero-order valence-corrected chi connectivity index (χ0v) is 16.4. The normalized spacial score (nSPS) is 11.4. The number of ether oxygens (including phenoxy) is 1. The molecule has 2 aromatic carbocycles. The number of anilines is 1. The Morgan fingerprint density at radius 1 is 1.23 bits per heavy atom. The Balaban J connectivity index is 2.17. The first kappa shape index (κ1) is 20.2. The monoisotopic (exact) mass is 396 g/mol. The molecule has 26 heavy (non-hydrogen) atoms. The maximum absolute atomic E-state index is 12.4. The number of methoxy groups -OCH3 is 1. The number of carbonyl (C=O) groups excluding carboxylic acids is 1. The van der Waals surface area contributed by atoms with Gasteiger partial charge in [-0.05, 0) is 36.2 Å². The van der Waals surface area contributed by atoms with Gasteiger partial charge in [-0.2, -0.15) is 4.31 Å². The lowest BCUT2D eigenvalue weighted by molar-refractivity contribution is -0.116. The van der Waals surface area contributed by atoms with E-state index in [1.165, 1.54) is 7.11 Å². The molecule has 0 unspecified atom stereocenters. The molecule has 0 bridgehead atoms. The fourth-order valence-electron chi connectivity index (χ4n) is 2.40. The average Bonchev–Trinajstić information content (AvgIpc) is 2.55. The highest BCUT2D eigenvalue weighted by atomic mass is 35.5. The van der Waals surface area contributed by atoms with Gasteiger partial charge in [-0.3, -0.25) is 4.79 Å². The van der Waals surface area contributed by atoms with E-state index in [-0.39, 0.29) is 13.1 Å². The van der Waals surface area contributed by atoms with Crippen LogP contribution in [0.1, 0.15) is 11.1 Å². The molecular weight excluding hydrogens is 376 g/mol. The molecule has 0 saturated carbocycles. The summed E-state index contributed by atoms with van der Waals surface area (Å²) in [6.45, 7) is 1.70. The number of nitrogens with one attached hydrogen (secondary N) is 1. The molecular formula is C18H21ClN2O4S. The number of aryl methyl sites for hydroxylation is 1. The number of hydrogen-bond acceptors (Lipinski definition) is 4. The Kier molecular flexibility index (Phi) is 6.63. The summed E-state index contributed by atoms with van der Waals surface area (Å²) in [5, 5.41) is 3.08. The molecule has 0 aliphatic rings. The predicted octanol–water partition coefficient (Wildman–Crippen LogP) is 3.06. The second-order valence-corrected chi connectivity index (χ2v) is 8.27. The summed E-state index contributed by atoms with van der Waals surface area (Å²) >= 11 is 5.95. The first-order chi connectivity index (χ1) is 12.2. The SMILES string of the molecule is COc1ccc(Cl)cc1NC(=O)CN(Cc1ccccc1C)S(C)(=O)=O. The van der Waals surface area contributed by atoms with E-state index in [9.17, 15) is 13.2 Å². The van der Waals surface area contributed by atoms with E-state index in [1.54, 1.807) is 18.2 Å². The van der Waals surface area contributed by atoms with Gasteiger partial charge < -0.3 is 10.1 Å².